The van der Waals surface area contributed by atoms with E-state index in [0.29, 0.717) is 6.04 Å². The third-order valence-corrected chi connectivity index (χ3v) is 4.66. The maximum absolute atomic E-state index is 3.78. The fourth-order valence-corrected chi connectivity index (χ4v) is 3.00. The maximum atomic E-state index is 3.78. The number of nitrogens with one attached hydrogen (secondary N) is 1. The van der Waals surface area contributed by atoms with Crippen molar-refractivity contribution in [3.05, 3.63) is 0 Å². The Morgan fingerprint density at radius 3 is 2.50 bits per heavy atom. The van der Waals surface area contributed by atoms with E-state index in [1.54, 1.807) is 0 Å². The number of hydrogen-bond donors (Lipinski definition) is 1. The molecule has 0 heterocycles. The lowest BCUT2D eigenvalue weighted by Crippen LogP contribution is -2.39. The van der Waals surface area contributed by atoms with Crippen LogP contribution in [-0.2, 0) is 0 Å². The van der Waals surface area contributed by atoms with Gasteiger partial charge >= 0.3 is 0 Å². The van der Waals surface area contributed by atoms with Crippen LogP contribution in [0, 0.1) is 11.8 Å². The molecule has 108 valence electrons. The number of hydrogen-bond acceptors (Lipinski definition) is 2. The molecule has 0 amide bonds. The summed E-state index contributed by atoms with van der Waals surface area (Å²) in [7, 11) is 2.22. The highest BCUT2D eigenvalue weighted by atomic mass is 15.1. The van der Waals surface area contributed by atoms with Crippen molar-refractivity contribution >= 4 is 0 Å². The minimum atomic E-state index is 0.679. The predicted octanol–water partition coefficient (Wildman–Crippen LogP) is 3.52. The molecule has 1 aliphatic rings. The van der Waals surface area contributed by atoms with E-state index in [0.717, 1.165) is 17.9 Å². The standard InChI is InChI=1S/C16H34N2/c1-13(2)18(5)11-7-6-10-17-16-9-8-14(3)12-15(16)4/h13-17H,6-12H2,1-5H3. The van der Waals surface area contributed by atoms with Crippen molar-refractivity contribution < 1.29 is 0 Å². The molecule has 1 saturated carbocycles. The summed E-state index contributed by atoms with van der Waals surface area (Å²) < 4.78 is 0. The van der Waals surface area contributed by atoms with Crippen LogP contribution in [0.1, 0.15) is 59.8 Å². The van der Waals surface area contributed by atoms with Crippen molar-refractivity contribution in [1.82, 2.24) is 10.2 Å². The van der Waals surface area contributed by atoms with Crippen LogP contribution >= 0.6 is 0 Å². The Morgan fingerprint density at radius 2 is 1.89 bits per heavy atom. The van der Waals surface area contributed by atoms with Crippen LogP contribution in [0.2, 0.25) is 0 Å². The van der Waals surface area contributed by atoms with E-state index >= 15 is 0 Å². The Morgan fingerprint density at radius 1 is 1.17 bits per heavy atom. The molecule has 0 aromatic heterocycles. The van der Waals surface area contributed by atoms with Crippen LogP contribution in [0.4, 0.5) is 0 Å². The van der Waals surface area contributed by atoms with Gasteiger partial charge in [0.25, 0.3) is 0 Å². The third-order valence-electron chi connectivity index (χ3n) is 4.66. The fourth-order valence-electron chi connectivity index (χ4n) is 3.00. The molecule has 1 aliphatic carbocycles. The summed E-state index contributed by atoms with van der Waals surface area (Å²) in [5.41, 5.74) is 0. The molecule has 0 aromatic carbocycles. The molecule has 2 nitrogen and oxygen atoms in total. The molecule has 0 saturated heterocycles. The largest absolute Gasteiger partial charge is 0.314 e. The lowest BCUT2D eigenvalue weighted by atomic mass is 9.80. The minimum Gasteiger partial charge on any atom is -0.314 e. The monoisotopic (exact) mass is 254 g/mol. The highest BCUT2D eigenvalue weighted by Crippen LogP contribution is 2.28. The van der Waals surface area contributed by atoms with E-state index in [1.807, 2.05) is 0 Å². The van der Waals surface area contributed by atoms with E-state index in [-0.39, 0.29) is 0 Å². The second-order valence-corrected chi connectivity index (χ2v) is 6.74. The van der Waals surface area contributed by atoms with Crippen LogP contribution in [0.25, 0.3) is 0 Å². The molecule has 2 heteroatoms. The van der Waals surface area contributed by atoms with Crippen LogP contribution < -0.4 is 5.32 Å². The van der Waals surface area contributed by atoms with Crippen LogP contribution in [0.15, 0.2) is 0 Å². The average Bonchev–Trinajstić information content (AvgIpc) is 2.30. The first-order chi connectivity index (χ1) is 8.50. The van der Waals surface area contributed by atoms with Crippen molar-refractivity contribution in [3.8, 4) is 0 Å². The van der Waals surface area contributed by atoms with Crippen molar-refractivity contribution in [2.75, 3.05) is 20.1 Å². The maximum Gasteiger partial charge on any atom is 0.00928 e. The van der Waals surface area contributed by atoms with E-state index < -0.39 is 0 Å². The van der Waals surface area contributed by atoms with Crippen LogP contribution in [-0.4, -0.2) is 37.1 Å². The summed E-state index contributed by atoms with van der Waals surface area (Å²) in [6.07, 6.45) is 6.84. The van der Waals surface area contributed by atoms with Gasteiger partial charge in [-0.2, -0.15) is 0 Å². The first-order valence-electron chi connectivity index (χ1n) is 7.94. The van der Waals surface area contributed by atoms with Gasteiger partial charge in [-0.15, -0.1) is 0 Å². The summed E-state index contributed by atoms with van der Waals surface area (Å²) in [4.78, 5) is 2.44. The van der Waals surface area contributed by atoms with Crippen molar-refractivity contribution in [1.29, 1.82) is 0 Å². The highest BCUT2D eigenvalue weighted by Gasteiger charge is 2.24. The van der Waals surface area contributed by atoms with Gasteiger partial charge in [-0.25, -0.2) is 0 Å². The summed E-state index contributed by atoms with van der Waals surface area (Å²) >= 11 is 0. The fraction of sp³-hybridized carbons (Fsp3) is 1.00. The Hall–Kier alpha value is -0.0800. The molecule has 18 heavy (non-hydrogen) atoms. The van der Waals surface area contributed by atoms with Gasteiger partial charge in [-0.1, -0.05) is 13.8 Å². The molecule has 0 radical (unpaired) electrons. The smallest absolute Gasteiger partial charge is 0.00928 e. The minimum absolute atomic E-state index is 0.679. The molecule has 0 aromatic rings. The van der Waals surface area contributed by atoms with Crippen LogP contribution in [0.3, 0.4) is 0 Å². The number of rotatable bonds is 7. The second kappa shape index (κ2) is 8.16. The lowest BCUT2D eigenvalue weighted by molar-refractivity contribution is 0.225. The highest BCUT2D eigenvalue weighted by molar-refractivity contribution is 4.80. The van der Waals surface area contributed by atoms with Gasteiger partial charge < -0.3 is 10.2 Å². The van der Waals surface area contributed by atoms with Gasteiger partial charge in [0.15, 0.2) is 0 Å². The molecular formula is C16H34N2. The normalized spacial score (nSPS) is 29.2. The van der Waals surface area contributed by atoms with Gasteiger partial charge in [0, 0.05) is 12.1 Å². The van der Waals surface area contributed by atoms with Gasteiger partial charge in [0.05, 0.1) is 0 Å². The Kier molecular flexibility index (Phi) is 7.25. The van der Waals surface area contributed by atoms with E-state index in [2.05, 4.69) is 45.0 Å². The number of unbranched alkanes of at least 4 members (excludes halogenated alkanes) is 1. The first kappa shape index (κ1) is 16.0. The molecule has 1 rings (SSSR count). The summed E-state index contributed by atoms with van der Waals surface area (Å²) in [6, 6.07) is 1.46. The average molecular weight is 254 g/mol. The van der Waals surface area contributed by atoms with Crippen LogP contribution in [0.5, 0.6) is 0 Å². The number of nitrogens with zero attached hydrogens (tertiary/aromatic N) is 1. The van der Waals surface area contributed by atoms with E-state index in [4.69, 9.17) is 0 Å². The molecule has 3 atom stereocenters. The molecule has 1 N–H and O–H groups in total. The third kappa shape index (κ3) is 5.71. The topological polar surface area (TPSA) is 15.3 Å². The van der Waals surface area contributed by atoms with Gasteiger partial charge in [0.2, 0.25) is 0 Å². The predicted molar refractivity (Wildman–Crippen MR) is 81.0 cm³/mol. The van der Waals surface area contributed by atoms with Gasteiger partial charge in [-0.3, -0.25) is 0 Å². The lowest BCUT2D eigenvalue weighted by Gasteiger charge is -2.33. The zero-order valence-electron chi connectivity index (χ0n) is 13.2. The molecule has 0 spiro atoms. The SMILES string of the molecule is CC1CCC(NCCCCN(C)C(C)C)C(C)C1. The van der Waals surface area contributed by atoms with E-state index in [9.17, 15) is 0 Å². The molecule has 0 bridgehead atoms. The summed E-state index contributed by atoms with van der Waals surface area (Å²) in [5.74, 6) is 1.81. The molecule has 0 aliphatic heterocycles. The molecular weight excluding hydrogens is 220 g/mol. The zero-order valence-corrected chi connectivity index (χ0v) is 13.2. The first-order valence-corrected chi connectivity index (χ1v) is 7.94. The second-order valence-electron chi connectivity index (χ2n) is 6.74. The van der Waals surface area contributed by atoms with E-state index in [1.165, 1.54) is 45.2 Å². The quantitative estimate of drug-likeness (QED) is 0.699. The van der Waals surface area contributed by atoms with Crippen molar-refractivity contribution in [2.45, 2.75) is 71.9 Å². The Balaban J connectivity index is 2.04. The van der Waals surface area contributed by atoms with Gasteiger partial charge in [0.1, 0.15) is 0 Å². The molecule has 3 unspecified atom stereocenters. The van der Waals surface area contributed by atoms with Crippen molar-refractivity contribution in [2.24, 2.45) is 11.8 Å². The summed E-state index contributed by atoms with van der Waals surface area (Å²) in [5, 5.41) is 3.78. The Labute approximate surface area is 115 Å². The van der Waals surface area contributed by atoms with Crippen molar-refractivity contribution in [3.63, 3.8) is 0 Å². The summed E-state index contributed by atoms with van der Waals surface area (Å²) in [6.45, 7) is 11.8. The molecule has 1 fully saturated rings. The Bertz CT molecular complexity index is 215. The zero-order chi connectivity index (χ0) is 13.5. The van der Waals surface area contributed by atoms with Gasteiger partial charge in [-0.05, 0) is 77.9 Å².